The van der Waals surface area contributed by atoms with Crippen LogP contribution in [-0.4, -0.2) is 62.1 Å². The molecule has 2 aromatic carbocycles. The summed E-state index contributed by atoms with van der Waals surface area (Å²) >= 11 is 0. The number of nitrogens with one attached hydrogen (secondary N) is 1. The Hall–Kier alpha value is -2.19. The molecule has 160 valence electrons. The molecule has 1 saturated heterocycles. The second-order valence-corrected chi connectivity index (χ2v) is 10.3. The molecule has 6 nitrogen and oxygen atoms in total. The summed E-state index contributed by atoms with van der Waals surface area (Å²) in [5.41, 5.74) is 3.05. The third-order valence-electron chi connectivity index (χ3n) is 5.39. The minimum Gasteiger partial charge on any atom is -0.391 e. The van der Waals surface area contributed by atoms with Gasteiger partial charge in [-0.3, -0.25) is 0 Å². The quantitative estimate of drug-likeness (QED) is 0.565. The first-order valence-electron chi connectivity index (χ1n) is 10.2. The number of likely N-dealkylation sites (N-methyl/N-ethyl adjacent to an activating group) is 1. The molecule has 2 heterocycles. The van der Waals surface area contributed by atoms with Crippen LogP contribution >= 0.6 is 0 Å². The molecule has 0 amide bonds. The average Bonchev–Trinajstić information content (AvgIpc) is 3.31. The molecule has 1 aromatic heterocycles. The predicted octanol–water partition coefficient (Wildman–Crippen LogP) is 3.13. The Morgan fingerprint density at radius 3 is 2.67 bits per heavy atom. The highest BCUT2D eigenvalue weighted by Gasteiger charge is 2.25. The fourth-order valence-corrected chi connectivity index (χ4v) is 5.27. The van der Waals surface area contributed by atoms with Crippen molar-refractivity contribution in [2.24, 2.45) is 0 Å². The Morgan fingerprint density at radius 1 is 1.23 bits per heavy atom. The Balaban J connectivity index is 1.76. The number of aromatic nitrogens is 1. The van der Waals surface area contributed by atoms with Gasteiger partial charge in [-0.15, -0.1) is 0 Å². The monoisotopic (exact) mass is 427 g/mol. The van der Waals surface area contributed by atoms with Gasteiger partial charge in [-0.1, -0.05) is 18.2 Å². The van der Waals surface area contributed by atoms with Gasteiger partial charge in [0.2, 0.25) is 0 Å². The van der Waals surface area contributed by atoms with Crippen LogP contribution in [0.15, 0.2) is 53.4 Å². The molecule has 4 rings (SSSR count). The van der Waals surface area contributed by atoms with Gasteiger partial charge in [0.1, 0.15) is 11.0 Å². The van der Waals surface area contributed by atoms with Gasteiger partial charge in [-0.25, -0.2) is 8.51 Å². The van der Waals surface area contributed by atoms with Crippen LogP contribution in [0.5, 0.6) is 0 Å². The predicted molar refractivity (Wildman–Crippen MR) is 122 cm³/mol. The van der Waals surface area contributed by atoms with Crippen molar-refractivity contribution in [3.05, 3.63) is 48.5 Å². The van der Waals surface area contributed by atoms with Crippen LogP contribution in [0, 0.1) is 0 Å². The Labute approximate surface area is 179 Å². The highest BCUT2D eigenvalue weighted by molar-refractivity contribution is 7.82. The fourth-order valence-electron chi connectivity index (χ4n) is 4.08. The first-order chi connectivity index (χ1) is 14.2. The molecule has 0 spiro atoms. The molecule has 7 heteroatoms. The maximum Gasteiger partial charge on any atom is 0.127 e. The first-order valence-corrected chi connectivity index (χ1v) is 11.3. The van der Waals surface area contributed by atoms with E-state index < -0.39 is 16.6 Å². The summed E-state index contributed by atoms with van der Waals surface area (Å²) in [6.07, 6.45) is 0.418. The number of hydrogen-bond donors (Lipinski definition) is 3. The lowest BCUT2D eigenvalue weighted by molar-refractivity contribution is 0.0651. The van der Waals surface area contributed by atoms with Crippen LogP contribution in [0.25, 0.3) is 22.2 Å². The number of rotatable bonds is 6. The molecule has 0 saturated carbocycles. The van der Waals surface area contributed by atoms with E-state index in [0.29, 0.717) is 18.0 Å². The lowest BCUT2D eigenvalue weighted by Gasteiger charge is -2.25. The third-order valence-corrected chi connectivity index (χ3v) is 6.74. The number of para-hydroxylation sites is 1. The molecule has 1 aliphatic heterocycles. The number of aliphatic hydroxyl groups is 2. The maximum absolute atomic E-state index is 13.1. The minimum absolute atomic E-state index is 0.293. The second kappa shape index (κ2) is 8.15. The van der Waals surface area contributed by atoms with E-state index in [1.165, 1.54) is 0 Å². The standard InChI is InChI=1S/C23H29N3O3S/c1-23(2,28)15-25(3)30(29)18-8-9-22(26-11-10-17(27)14-26)19(13-18)21-12-16-6-4-5-7-20(16)24-21/h4-9,12-13,17,24,27-28H,10-11,14-15H2,1-3H3. The van der Waals surface area contributed by atoms with Crippen molar-refractivity contribution in [2.75, 3.05) is 31.6 Å². The summed E-state index contributed by atoms with van der Waals surface area (Å²) < 4.78 is 14.8. The van der Waals surface area contributed by atoms with Crippen molar-refractivity contribution in [3.63, 3.8) is 0 Å². The SMILES string of the molecule is CN(CC(C)(C)O)S(=O)c1ccc(N2CCC(O)C2)c(-c2cc3ccccc3[nH]2)c1. The number of fused-ring (bicyclic) bond motifs is 1. The number of β-amino-alcohol motifs (C(OH)–C–C–N with tert-alkyl or cyclic N) is 1. The van der Waals surface area contributed by atoms with E-state index in [4.69, 9.17) is 0 Å². The lowest BCUT2D eigenvalue weighted by atomic mass is 10.1. The first kappa shape index (κ1) is 21.1. The van der Waals surface area contributed by atoms with Gasteiger partial charge < -0.3 is 20.1 Å². The number of benzene rings is 2. The highest BCUT2D eigenvalue weighted by Crippen LogP contribution is 2.36. The van der Waals surface area contributed by atoms with Gasteiger partial charge in [-0.2, -0.15) is 0 Å². The molecular weight excluding hydrogens is 398 g/mol. The van der Waals surface area contributed by atoms with Gasteiger partial charge in [-0.05, 0) is 50.6 Å². The van der Waals surface area contributed by atoms with E-state index in [0.717, 1.165) is 40.8 Å². The van der Waals surface area contributed by atoms with Crippen LogP contribution in [-0.2, 0) is 11.0 Å². The third kappa shape index (κ3) is 4.44. The van der Waals surface area contributed by atoms with E-state index in [-0.39, 0.29) is 6.10 Å². The van der Waals surface area contributed by atoms with Crippen molar-refractivity contribution in [1.29, 1.82) is 0 Å². The van der Waals surface area contributed by atoms with Crippen molar-refractivity contribution >= 4 is 27.6 Å². The zero-order chi connectivity index (χ0) is 21.5. The molecule has 30 heavy (non-hydrogen) atoms. The second-order valence-electron chi connectivity index (χ2n) is 8.69. The van der Waals surface area contributed by atoms with Crippen LogP contribution < -0.4 is 4.90 Å². The summed E-state index contributed by atoms with van der Waals surface area (Å²) in [5.74, 6) is 0. The molecule has 2 atom stereocenters. The number of hydrogen-bond acceptors (Lipinski definition) is 4. The summed E-state index contributed by atoms with van der Waals surface area (Å²) in [4.78, 5) is 6.34. The van der Waals surface area contributed by atoms with E-state index >= 15 is 0 Å². The zero-order valence-corrected chi connectivity index (χ0v) is 18.4. The van der Waals surface area contributed by atoms with Crippen LogP contribution in [0.2, 0.25) is 0 Å². The number of H-pyrrole nitrogens is 1. The number of aliphatic hydroxyl groups excluding tert-OH is 1. The Kier molecular flexibility index (Phi) is 5.72. The topological polar surface area (TPSA) is 79.8 Å². The summed E-state index contributed by atoms with van der Waals surface area (Å²) in [7, 11) is 0.350. The molecule has 0 aliphatic carbocycles. The smallest absolute Gasteiger partial charge is 0.127 e. The average molecular weight is 428 g/mol. The van der Waals surface area contributed by atoms with Crippen molar-refractivity contribution in [3.8, 4) is 11.3 Å². The van der Waals surface area contributed by atoms with Gasteiger partial charge >= 0.3 is 0 Å². The Bertz CT molecular complexity index is 1040. The maximum atomic E-state index is 13.1. The van der Waals surface area contributed by atoms with Gasteiger partial charge in [0.05, 0.1) is 16.6 Å². The number of anilines is 1. The molecule has 0 bridgehead atoms. The van der Waals surface area contributed by atoms with Crippen LogP contribution in [0.3, 0.4) is 0 Å². The van der Waals surface area contributed by atoms with Gasteiger partial charge in [0.25, 0.3) is 0 Å². The molecule has 0 radical (unpaired) electrons. The van der Waals surface area contributed by atoms with Gasteiger partial charge in [0.15, 0.2) is 0 Å². The van der Waals surface area contributed by atoms with E-state index in [1.807, 2.05) is 36.4 Å². The summed E-state index contributed by atoms with van der Waals surface area (Å²) in [6.45, 7) is 5.09. The summed E-state index contributed by atoms with van der Waals surface area (Å²) in [5, 5.41) is 21.2. The van der Waals surface area contributed by atoms with Crippen molar-refractivity contribution in [2.45, 2.75) is 36.9 Å². The van der Waals surface area contributed by atoms with E-state index in [1.54, 1.807) is 25.2 Å². The van der Waals surface area contributed by atoms with Crippen LogP contribution in [0.4, 0.5) is 5.69 Å². The molecule has 1 fully saturated rings. The van der Waals surface area contributed by atoms with Crippen LogP contribution in [0.1, 0.15) is 20.3 Å². The Morgan fingerprint density at radius 2 is 2.00 bits per heavy atom. The van der Waals surface area contributed by atoms with E-state index in [2.05, 4.69) is 22.0 Å². The van der Waals surface area contributed by atoms with Gasteiger partial charge in [0, 0.05) is 54.5 Å². The molecule has 1 aliphatic rings. The molecule has 3 N–H and O–H groups in total. The van der Waals surface area contributed by atoms with Crippen molar-refractivity contribution in [1.82, 2.24) is 9.29 Å². The normalized spacial score (nSPS) is 18.5. The largest absolute Gasteiger partial charge is 0.391 e. The lowest BCUT2D eigenvalue weighted by Crippen LogP contribution is -2.37. The fraction of sp³-hybridized carbons (Fsp3) is 0.391. The number of aromatic amines is 1. The molecule has 3 aromatic rings. The molecule has 2 unspecified atom stereocenters. The number of nitrogens with zero attached hydrogens (tertiary/aromatic N) is 2. The minimum atomic E-state index is -1.40. The van der Waals surface area contributed by atoms with E-state index in [9.17, 15) is 14.4 Å². The van der Waals surface area contributed by atoms with Crippen molar-refractivity contribution < 1.29 is 14.4 Å². The highest BCUT2D eigenvalue weighted by atomic mass is 32.2. The zero-order valence-electron chi connectivity index (χ0n) is 17.6. The molecular formula is C23H29N3O3S. The summed E-state index contributed by atoms with van der Waals surface area (Å²) in [6, 6.07) is 16.0.